The second kappa shape index (κ2) is 7.31. The van der Waals surface area contributed by atoms with E-state index in [0.717, 1.165) is 11.1 Å². The molecule has 0 aliphatic carbocycles. The van der Waals surface area contributed by atoms with Crippen molar-refractivity contribution >= 4 is 11.8 Å². The van der Waals surface area contributed by atoms with Crippen LogP contribution in [0.25, 0.3) is 0 Å². The molecule has 0 saturated heterocycles. The summed E-state index contributed by atoms with van der Waals surface area (Å²) in [5, 5.41) is 9.31. The van der Waals surface area contributed by atoms with Gasteiger partial charge in [-0.15, -0.1) is 0 Å². The van der Waals surface area contributed by atoms with E-state index in [9.17, 15) is 14.7 Å². The molecule has 23 heavy (non-hydrogen) atoms. The van der Waals surface area contributed by atoms with Crippen LogP contribution in [0.1, 0.15) is 21.5 Å². The minimum absolute atomic E-state index is 0.0258. The van der Waals surface area contributed by atoms with Gasteiger partial charge in [-0.2, -0.15) is 0 Å². The number of nitrogens with one attached hydrogen (secondary N) is 2. The monoisotopic (exact) mass is 314 g/mol. The van der Waals surface area contributed by atoms with E-state index in [0.29, 0.717) is 5.75 Å². The smallest absolute Gasteiger partial charge is 0.276 e. The predicted molar refractivity (Wildman–Crippen MR) is 85.1 cm³/mol. The highest BCUT2D eigenvalue weighted by Gasteiger charge is 2.09. The van der Waals surface area contributed by atoms with Crippen LogP contribution in [-0.4, -0.2) is 23.5 Å². The Hall–Kier alpha value is -3.02. The van der Waals surface area contributed by atoms with Gasteiger partial charge in [0.05, 0.1) is 0 Å². The normalized spacial score (nSPS) is 10.0. The Morgan fingerprint density at radius 2 is 1.87 bits per heavy atom. The number of benzene rings is 2. The van der Waals surface area contributed by atoms with E-state index < -0.39 is 11.8 Å². The molecule has 6 heteroatoms. The maximum absolute atomic E-state index is 11.8. The predicted octanol–water partition coefficient (Wildman–Crippen LogP) is 1.85. The number of hydrogen-bond acceptors (Lipinski definition) is 4. The maximum atomic E-state index is 11.8. The molecule has 0 aromatic heterocycles. The number of rotatable bonds is 4. The molecule has 2 rings (SSSR count). The molecule has 6 nitrogen and oxygen atoms in total. The van der Waals surface area contributed by atoms with Gasteiger partial charge in [-0.3, -0.25) is 20.4 Å². The third-order valence-corrected chi connectivity index (χ3v) is 3.11. The zero-order chi connectivity index (χ0) is 16.8. The third-order valence-electron chi connectivity index (χ3n) is 3.11. The van der Waals surface area contributed by atoms with Gasteiger partial charge in [-0.1, -0.05) is 23.8 Å². The first kappa shape index (κ1) is 16.4. The number of carbonyl (C=O) groups is 2. The van der Waals surface area contributed by atoms with Crippen LogP contribution in [0.5, 0.6) is 11.5 Å². The van der Waals surface area contributed by atoms with Gasteiger partial charge in [0.1, 0.15) is 11.5 Å². The lowest BCUT2D eigenvalue weighted by Gasteiger charge is -2.11. The summed E-state index contributed by atoms with van der Waals surface area (Å²) in [7, 11) is 0. The zero-order valence-electron chi connectivity index (χ0n) is 12.9. The van der Waals surface area contributed by atoms with E-state index in [1.165, 1.54) is 24.3 Å². The molecular formula is C17H18N2O4. The Kier molecular flexibility index (Phi) is 5.19. The molecule has 0 bridgehead atoms. The fraction of sp³-hybridized carbons (Fsp3) is 0.176. The van der Waals surface area contributed by atoms with Crippen molar-refractivity contribution < 1.29 is 19.4 Å². The number of ether oxygens (including phenoxy) is 1. The lowest BCUT2D eigenvalue weighted by atomic mass is 10.1. The van der Waals surface area contributed by atoms with Gasteiger partial charge in [0, 0.05) is 5.56 Å². The summed E-state index contributed by atoms with van der Waals surface area (Å²) >= 11 is 0. The summed E-state index contributed by atoms with van der Waals surface area (Å²) in [5.74, 6) is -0.425. The van der Waals surface area contributed by atoms with Crippen molar-refractivity contribution in [3.05, 3.63) is 59.2 Å². The highest BCUT2D eigenvalue weighted by atomic mass is 16.5. The highest BCUT2D eigenvalue weighted by Crippen LogP contribution is 2.18. The standard InChI is InChI=1S/C17H18N2O4/c1-11-6-7-15(12(2)8-11)23-10-16(21)18-19-17(22)13-4-3-5-14(20)9-13/h3-9,20H,10H2,1-2H3,(H,18,21)(H,19,22). The lowest BCUT2D eigenvalue weighted by molar-refractivity contribution is -0.123. The van der Waals surface area contributed by atoms with Crippen LogP contribution in [0.2, 0.25) is 0 Å². The summed E-state index contributed by atoms with van der Waals surface area (Å²) in [6.07, 6.45) is 0. The number of phenols is 1. The Morgan fingerprint density at radius 1 is 1.09 bits per heavy atom. The molecule has 0 fully saturated rings. The van der Waals surface area contributed by atoms with Crippen molar-refractivity contribution in [3.8, 4) is 11.5 Å². The zero-order valence-corrected chi connectivity index (χ0v) is 12.9. The molecular weight excluding hydrogens is 296 g/mol. The molecule has 3 N–H and O–H groups in total. The highest BCUT2D eigenvalue weighted by molar-refractivity contribution is 5.95. The van der Waals surface area contributed by atoms with E-state index in [-0.39, 0.29) is 17.9 Å². The van der Waals surface area contributed by atoms with Gasteiger partial charge < -0.3 is 9.84 Å². The quantitative estimate of drug-likeness (QED) is 0.752. The Labute approximate surface area is 134 Å². The molecule has 2 aromatic rings. The van der Waals surface area contributed by atoms with Gasteiger partial charge in [0.25, 0.3) is 11.8 Å². The topological polar surface area (TPSA) is 87.7 Å². The van der Waals surface area contributed by atoms with E-state index in [1.807, 2.05) is 26.0 Å². The molecule has 0 spiro atoms. The molecule has 0 aliphatic heterocycles. The molecule has 0 radical (unpaired) electrons. The Morgan fingerprint density at radius 3 is 2.57 bits per heavy atom. The van der Waals surface area contributed by atoms with Crippen LogP contribution in [0.4, 0.5) is 0 Å². The van der Waals surface area contributed by atoms with Crippen LogP contribution in [0, 0.1) is 13.8 Å². The third kappa shape index (κ3) is 4.74. The Balaban J connectivity index is 1.82. The number of hydrogen-bond donors (Lipinski definition) is 3. The fourth-order valence-corrected chi connectivity index (χ4v) is 1.99. The van der Waals surface area contributed by atoms with Crippen LogP contribution in [0.15, 0.2) is 42.5 Å². The number of aromatic hydroxyl groups is 1. The number of phenolic OH excluding ortho intramolecular Hbond substituents is 1. The minimum atomic E-state index is -0.527. The Bertz CT molecular complexity index is 728. The molecule has 2 aromatic carbocycles. The maximum Gasteiger partial charge on any atom is 0.276 e. The van der Waals surface area contributed by atoms with Crippen LogP contribution in [0.3, 0.4) is 0 Å². The summed E-state index contributed by atoms with van der Waals surface area (Å²) < 4.78 is 5.41. The molecule has 120 valence electrons. The molecule has 0 aliphatic rings. The van der Waals surface area contributed by atoms with Gasteiger partial charge in [-0.25, -0.2) is 0 Å². The molecule has 0 heterocycles. The minimum Gasteiger partial charge on any atom is -0.508 e. The number of hydrazine groups is 1. The van der Waals surface area contributed by atoms with Crippen LogP contribution in [-0.2, 0) is 4.79 Å². The largest absolute Gasteiger partial charge is 0.508 e. The van der Waals surface area contributed by atoms with E-state index in [1.54, 1.807) is 6.07 Å². The van der Waals surface area contributed by atoms with Gasteiger partial charge in [0.15, 0.2) is 6.61 Å². The summed E-state index contributed by atoms with van der Waals surface area (Å²) in [6.45, 7) is 3.65. The number of amides is 2. The van der Waals surface area contributed by atoms with Gasteiger partial charge in [-0.05, 0) is 43.7 Å². The van der Waals surface area contributed by atoms with E-state index in [2.05, 4.69) is 10.9 Å². The number of aryl methyl sites for hydroxylation is 2. The first-order valence-electron chi connectivity index (χ1n) is 7.04. The van der Waals surface area contributed by atoms with Crippen molar-refractivity contribution in [1.82, 2.24) is 10.9 Å². The van der Waals surface area contributed by atoms with Crippen molar-refractivity contribution in [2.24, 2.45) is 0 Å². The summed E-state index contributed by atoms with van der Waals surface area (Å²) in [6, 6.07) is 11.5. The summed E-state index contributed by atoms with van der Waals surface area (Å²) in [5.41, 5.74) is 6.79. The fourth-order valence-electron chi connectivity index (χ4n) is 1.99. The van der Waals surface area contributed by atoms with Crippen molar-refractivity contribution in [2.45, 2.75) is 13.8 Å². The van der Waals surface area contributed by atoms with Crippen molar-refractivity contribution in [2.75, 3.05) is 6.61 Å². The summed E-state index contributed by atoms with van der Waals surface area (Å²) in [4.78, 5) is 23.5. The molecule has 2 amide bonds. The van der Waals surface area contributed by atoms with E-state index in [4.69, 9.17) is 4.74 Å². The SMILES string of the molecule is Cc1ccc(OCC(=O)NNC(=O)c2cccc(O)c2)c(C)c1. The van der Waals surface area contributed by atoms with Crippen LogP contribution < -0.4 is 15.6 Å². The van der Waals surface area contributed by atoms with Crippen molar-refractivity contribution in [1.29, 1.82) is 0 Å². The molecule has 0 saturated carbocycles. The second-order valence-corrected chi connectivity index (χ2v) is 5.11. The first-order chi connectivity index (χ1) is 11.0. The number of carbonyl (C=O) groups excluding carboxylic acids is 2. The second-order valence-electron chi connectivity index (χ2n) is 5.11. The average Bonchev–Trinajstić information content (AvgIpc) is 2.51. The van der Waals surface area contributed by atoms with Crippen LogP contribution >= 0.6 is 0 Å². The first-order valence-corrected chi connectivity index (χ1v) is 7.04. The molecule has 0 unspecified atom stereocenters. The van der Waals surface area contributed by atoms with Gasteiger partial charge in [0.2, 0.25) is 0 Å². The average molecular weight is 314 g/mol. The molecule has 0 atom stereocenters. The van der Waals surface area contributed by atoms with Gasteiger partial charge >= 0.3 is 0 Å². The van der Waals surface area contributed by atoms with E-state index >= 15 is 0 Å². The van der Waals surface area contributed by atoms with Crippen molar-refractivity contribution in [3.63, 3.8) is 0 Å². The lowest BCUT2D eigenvalue weighted by Crippen LogP contribution is -2.43.